The van der Waals surface area contributed by atoms with Crippen molar-refractivity contribution in [2.24, 2.45) is 0 Å². The van der Waals surface area contributed by atoms with Crippen LogP contribution >= 0.6 is 15.9 Å². The van der Waals surface area contributed by atoms with Crippen molar-refractivity contribution in [1.82, 2.24) is 0 Å². The maximum atomic E-state index is 14.1. The van der Waals surface area contributed by atoms with Gasteiger partial charge in [-0.25, -0.2) is 4.39 Å². The fourth-order valence-corrected chi connectivity index (χ4v) is 2.55. The maximum Gasteiger partial charge on any atom is 0.499 e. The molecule has 0 amide bonds. The molecule has 1 heterocycles. The zero-order valence-corrected chi connectivity index (χ0v) is 13.3. The van der Waals surface area contributed by atoms with Crippen molar-refractivity contribution in [2.45, 2.75) is 38.9 Å². The van der Waals surface area contributed by atoms with Crippen molar-refractivity contribution < 1.29 is 18.4 Å². The summed E-state index contributed by atoms with van der Waals surface area (Å²) in [5, 5.41) is 0. The van der Waals surface area contributed by atoms with E-state index in [1.165, 1.54) is 13.2 Å². The average Bonchev–Trinajstić information content (AvgIpc) is 2.48. The Balaban J connectivity index is 2.45. The molecule has 0 N–H and O–H groups in total. The molecule has 1 fully saturated rings. The molecule has 19 heavy (non-hydrogen) atoms. The van der Waals surface area contributed by atoms with Crippen molar-refractivity contribution >= 4 is 28.5 Å². The van der Waals surface area contributed by atoms with E-state index >= 15 is 0 Å². The van der Waals surface area contributed by atoms with Gasteiger partial charge >= 0.3 is 7.12 Å². The number of hydrogen-bond donors (Lipinski definition) is 0. The summed E-state index contributed by atoms with van der Waals surface area (Å²) in [5.74, 6) is 0.164. The van der Waals surface area contributed by atoms with E-state index in [9.17, 15) is 4.39 Å². The Labute approximate surface area is 121 Å². The van der Waals surface area contributed by atoms with Gasteiger partial charge in [0.1, 0.15) is 11.6 Å². The van der Waals surface area contributed by atoms with E-state index in [1.54, 1.807) is 6.07 Å². The van der Waals surface area contributed by atoms with Crippen LogP contribution in [0.4, 0.5) is 4.39 Å². The Morgan fingerprint density at radius 2 is 1.68 bits per heavy atom. The van der Waals surface area contributed by atoms with E-state index in [0.29, 0.717) is 15.7 Å². The van der Waals surface area contributed by atoms with Crippen LogP contribution in [0.25, 0.3) is 0 Å². The highest BCUT2D eigenvalue weighted by molar-refractivity contribution is 9.10. The number of methoxy groups -OCH3 is 1. The predicted molar refractivity (Wildman–Crippen MR) is 76.4 cm³/mol. The summed E-state index contributed by atoms with van der Waals surface area (Å²) in [6, 6.07) is 2.91. The van der Waals surface area contributed by atoms with Crippen molar-refractivity contribution in [1.29, 1.82) is 0 Å². The van der Waals surface area contributed by atoms with E-state index in [2.05, 4.69) is 15.9 Å². The summed E-state index contributed by atoms with van der Waals surface area (Å²) in [6.07, 6.45) is 0. The van der Waals surface area contributed by atoms with Gasteiger partial charge in [-0.1, -0.05) is 0 Å². The average molecular weight is 331 g/mol. The van der Waals surface area contributed by atoms with E-state index in [-0.39, 0.29) is 5.82 Å². The first-order valence-electron chi connectivity index (χ1n) is 6.07. The maximum absolute atomic E-state index is 14.1. The Kier molecular flexibility index (Phi) is 3.71. The minimum atomic E-state index is -0.755. The topological polar surface area (TPSA) is 27.7 Å². The van der Waals surface area contributed by atoms with Crippen LogP contribution in [0.2, 0.25) is 0 Å². The molecule has 0 radical (unpaired) electrons. The normalized spacial score (nSPS) is 20.7. The quantitative estimate of drug-likeness (QED) is 0.780. The van der Waals surface area contributed by atoms with Gasteiger partial charge in [-0.2, -0.15) is 0 Å². The highest BCUT2D eigenvalue weighted by atomic mass is 79.9. The van der Waals surface area contributed by atoms with Crippen LogP contribution in [0.1, 0.15) is 27.7 Å². The van der Waals surface area contributed by atoms with Crippen LogP contribution in [0.5, 0.6) is 5.75 Å². The minimum absolute atomic E-state index is 0.331. The van der Waals surface area contributed by atoms with E-state index in [1.807, 2.05) is 27.7 Å². The molecule has 0 spiro atoms. The molecule has 0 unspecified atom stereocenters. The molecular weight excluding hydrogens is 314 g/mol. The fourth-order valence-electron chi connectivity index (χ4n) is 1.88. The summed E-state index contributed by atoms with van der Waals surface area (Å²) in [7, 11) is 0.779. The molecule has 1 aromatic rings. The number of ether oxygens (including phenoxy) is 1. The monoisotopic (exact) mass is 330 g/mol. The standard InChI is InChI=1S/C13H17BBrFO3/c1-12(2)13(3,4)19-14(18-12)10-8(16)6-7-9(17-5)11(10)15/h6-7H,1-5H3. The smallest absolute Gasteiger partial charge is 0.496 e. The van der Waals surface area contributed by atoms with Crippen LogP contribution in [0, 0.1) is 5.82 Å². The second-order valence-corrected chi connectivity index (χ2v) is 6.36. The van der Waals surface area contributed by atoms with Crippen LogP contribution in [-0.2, 0) is 9.31 Å². The van der Waals surface area contributed by atoms with Gasteiger partial charge in [-0.05, 0) is 55.8 Å². The molecule has 3 nitrogen and oxygen atoms in total. The van der Waals surface area contributed by atoms with E-state index in [0.717, 1.165) is 0 Å². The minimum Gasteiger partial charge on any atom is -0.496 e. The second-order valence-electron chi connectivity index (χ2n) is 5.57. The number of benzene rings is 1. The molecule has 1 aliphatic heterocycles. The third-order valence-corrected chi connectivity index (χ3v) is 4.62. The predicted octanol–water partition coefficient (Wildman–Crippen LogP) is 2.90. The lowest BCUT2D eigenvalue weighted by molar-refractivity contribution is 0.00578. The van der Waals surface area contributed by atoms with Gasteiger partial charge in [-0.15, -0.1) is 0 Å². The molecule has 1 saturated heterocycles. The van der Waals surface area contributed by atoms with Crippen LogP contribution < -0.4 is 10.2 Å². The Hall–Kier alpha value is -0.585. The second kappa shape index (κ2) is 4.75. The Morgan fingerprint density at radius 3 is 2.16 bits per heavy atom. The van der Waals surface area contributed by atoms with Crippen molar-refractivity contribution in [3.8, 4) is 5.75 Å². The van der Waals surface area contributed by atoms with Crippen molar-refractivity contribution in [3.63, 3.8) is 0 Å². The summed E-state index contributed by atoms with van der Waals surface area (Å²) >= 11 is 3.35. The fraction of sp³-hybridized carbons (Fsp3) is 0.538. The van der Waals surface area contributed by atoms with Gasteiger partial charge in [0, 0.05) is 5.46 Å². The third-order valence-electron chi connectivity index (χ3n) is 3.80. The van der Waals surface area contributed by atoms with E-state index in [4.69, 9.17) is 14.0 Å². The molecule has 1 aromatic carbocycles. The number of halogens is 2. The first-order valence-corrected chi connectivity index (χ1v) is 6.86. The Bertz CT molecular complexity index is 489. The summed E-state index contributed by atoms with van der Waals surface area (Å²) < 4.78 is 31.5. The largest absolute Gasteiger partial charge is 0.499 e. The van der Waals surface area contributed by atoms with Gasteiger partial charge in [0.15, 0.2) is 0 Å². The molecule has 0 saturated carbocycles. The first-order chi connectivity index (χ1) is 8.69. The zero-order valence-electron chi connectivity index (χ0n) is 11.7. The third kappa shape index (κ3) is 2.41. The molecule has 0 aliphatic carbocycles. The zero-order chi connectivity index (χ0) is 14.4. The molecule has 6 heteroatoms. The first kappa shape index (κ1) is 14.8. The lowest BCUT2D eigenvalue weighted by Gasteiger charge is -2.32. The molecule has 104 valence electrons. The summed E-state index contributed by atoms with van der Waals surface area (Å²) in [4.78, 5) is 0. The molecule has 0 aromatic heterocycles. The van der Waals surface area contributed by atoms with Gasteiger partial charge in [0.2, 0.25) is 0 Å². The molecule has 2 rings (SSSR count). The van der Waals surface area contributed by atoms with Crippen LogP contribution in [0.15, 0.2) is 16.6 Å². The summed E-state index contributed by atoms with van der Waals surface area (Å²) in [6.45, 7) is 7.72. The molecule has 1 aliphatic rings. The highest BCUT2D eigenvalue weighted by Gasteiger charge is 2.53. The molecule has 0 atom stereocenters. The van der Waals surface area contributed by atoms with Crippen molar-refractivity contribution in [3.05, 3.63) is 22.4 Å². The summed E-state index contributed by atoms with van der Waals surface area (Å²) in [5.41, 5.74) is -0.683. The lowest BCUT2D eigenvalue weighted by Crippen LogP contribution is -2.41. The van der Waals surface area contributed by atoms with Gasteiger partial charge < -0.3 is 14.0 Å². The number of rotatable bonds is 2. The highest BCUT2D eigenvalue weighted by Crippen LogP contribution is 2.38. The van der Waals surface area contributed by atoms with Crippen molar-refractivity contribution in [2.75, 3.05) is 7.11 Å². The van der Waals surface area contributed by atoms with Gasteiger partial charge in [-0.3, -0.25) is 0 Å². The van der Waals surface area contributed by atoms with E-state index < -0.39 is 18.3 Å². The van der Waals surface area contributed by atoms with Crippen LogP contribution in [0.3, 0.4) is 0 Å². The van der Waals surface area contributed by atoms with Gasteiger partial charge in [0.05, 0.1) is 22.8 Å². The Morgan fingerprint density at radius 1 is 1.16 bits per heavy atom. The van der Waals surface area contributed by atoms with Crippen LogP contribution in [-0.4, -0.2) is 25.4 Å². The molecule has 0 bridgehead atoms. The lowest BCUT2D eigenvalue weighted by atomic mass is 9.78. The SMILES string of the molecule is COc1ccc(F)c(B2OC(C)(C)C(C)(C)O2)c1Br. The van der Waals surface area contributed by atoms with Gasteiger partial charge in [0.25, 0.3) is 0 Å². The molecular formula is C13H17BBrFO3. The number of hydrogen-bond acceptors (Lipinski definition) is 3.